The SMILES string of the molecule is c1ccc(Oc2cccc([C@H]3CO3)c2)cc1. The largest absolute Gasteiger partial charge is 0.457 e. The molecule has 1 atom stereocenters. The van der Waals surface area contributed by atoms with Gasteiger partial charge in [-0.05, 0) is 29.8 Å². The Kier molecular flexibility index (Phi) is 2.35. The Morgan fingerprint density at radius 2 is 1.69 bits per heavy atom. The second-order valence-electron chi connectivity index (χ2n) is 3.81. The lowest BCUT2D eigenvalue weighted by molar-refractivity contribution is 0.414. The van der Waals surface area contributed by atoms with Crippen LogP contribution in [-0.2, 0) is 4.74 Å². The Labute approximate surface area is 94.4 Å². The van der Waals surface area contributed by atoms with Crippen LogP contribution >= 0.6 is 0 Å². The molecule has 0 aromatic heterocycles. The van der Waals surface area contributed by atoms with Gasteiger partial charge in [0, 0.05) is 0 Å². The van der Waals surface area contributed by atoms with Gasteiger partial charge < -0.3 is 9.47 Å². The molecule has 1 saturated heterocycles. The first-order valence-corrected chi connectivity index (χ1v) is 5.36. The lowest BCUT2D eigenvalue weighted by Crippen LogP contribution is -1.86. The molecule has 0 aliphatic carbocycles. The van der Waals surface area contributed by atoms with Gasteiger partial charge in [-0.15, -0.1) is 0 Å². The smallest absolute Gasteiger partial charge is 0.127 e. The van der Waals surface area contributed by atoms with Gasteiger partial charge in [0.05, 0.1) is 6.61 Å². The van der Waals surface area contributed by atoms with Crippen molar-refractivity contribution in [1.82, 2.24) is 0 Å². The van der Waals surface area contributed by atoms with E-state index in [1.807, 2.05) is 48.5 Å². The molecular formula is C14H12O2. The number of rotatable bonds is 3. The van der Waals surface area contributed by atoms with Crippen LogP contribution in [0.3, 0.4) is 0 Å². The van der Waals surface area contributed by atoms with Crippen molar-refractivity contribution in [3.8, 4) is 11.5 Å². The summed E-state index contributed by atoms with van der Waals surface area (Å²) in [4.78, 5) is 0. The monoisotopic (exact) mass is 212 g/mol. The number of para-hydroxylation sites is 1. The summed E-state index contributed by atoms with van der Waals surface area (Å²) in [6, 6.07) is 17.8. The predicted molar refractivity (Wildman–Crippen MR) is 61.7 cm³/mol. The molecule has 1 aliphatic heterocycles. The van der Waals surface area contributed by atoms with Crippen LogP contribution in [-0.4, -0.2) is 6.61 Å². The first-order chi connectivity index (χ1) is 7.92. The van der Waals surface area contributed by atoms with Crippen LogP contribution in [0.5, 0.6) is 11.5 Å². The van der Waals surface area contributed by atoms with Gasteiger partial charge in [-0.3, -0.25) is 0 Å². The summed E-state index contributed by atoms with van der Waals surface area (Å²) in [6.07, 6.45) is 0.277. The highest BCUT2D eigenvalue weighted by molar-refractivity contribution is 5.35. The maximum Gasteiger partial charge on any atom is 0.127 e. The Hall–Kier alpha value is -1.80. The van der Waals surface area contributed by atoms with Crippen molar-refractivity contribution in [3.05, 3.63) is 60.2 Å². The fourth-order valence-corrected chi connectivity index (χ4v) is 1.64. The molecule has 1 heterocycles. The summed E-state index contributed by atoms with van der Waals surface area (Å²) in [6.45, 7) is 0.828. The van der Waals surface area contributed by atoms with E-state index < -0.39 is 0 Å². The second kappa shape index (κ2) is 3.99. The van der Waals surface area contributed by atoms with Gasteiger partial charge in [-0.2, -0.15) is 0 Å². The summed E-state index contributed by atoms with van der Waals surface area (Å²) in [7, 11) is 0. The first-order valence-electron chi connectivity index (χ1n) is 5.36. The highest BCUT2D eigenvalue weighted by Gasteiger charge is 2.24. The standard InChI is InChI=1S/C14H12O2/c1-2-6-12(7-3-1)16-13-8-4-5-11(9-13)14-10-15-14/h1-9,14H,10H2/t14-/m1/s1. The van der Waals surface area contributed by atoms with E-state index in [4.69, 9.17) is 9.47 Å². The van der Waals surface area contributed by atoms with Crippen molar-refractivity contribution in [2.75, 3.05) is 6.61 Å². The molecule has 0 amide bonds. The van der Waals surface area contributed by atoms with E-state index in [0.717, 1.165) is 18.1 Å². The molecule has 0 saturated carbocycles. The van der Waals surface area contributed by atoms with Crippen LogP contribution in [0.4, 0.5) is 0 Å². The van der Waals surface area contributed by atoms with Crippen molar-refractivity contribution < 1.29 is 9.47 Å². The normalized spacial score (nSPS) is 18.1. The third-order valence-corrected chi connectivity index (χ3v) is 2.54. The number of hydrogen-bond donors (Lipinski definition) is 0. The van der Waals surface area contributed by atoms with Crippen molar-refractivity contribution in [2.24, 2.45) is 0 Å². The molecule has 16 heavy (non-hydrogen) atoms. The molecule has 0 bridgehead atoms. The van der Waals surface area contributed by atoms with Crippen LogP contribution < -0.4 is 4.74 Å². The Morgan fingerprint density at radius 3 is 2.44 bits per heavy atom. The van der Waals surface area contributed by atoms with E-state index in [0.29, 0.717) is 0 Å². The Balaban J connectivity index is 1.81. The van der Waals surface area contributed by atoms with E-state index in [1.54, 1.807) is 0 Å². The summed E-state index contributed by atoms with van der Waals surface area (Å²) in [5, 5.41) is 0. The van der Waals surface area contributed by atoms with Gasteiger partial charge in [0.1, 0.15) is 17.6 Å². The molecule has 0 radical (unpaired) electrons. The highest BCUT2D eigenvalue weighted by Crippen LogP contribution is 2.32. The fraction of sp³-hybridized carbons (Fsp3) is 0.143. The van der Waals surface area contributed by atoms with Crippen molar-refractivity contribution in [2.45, 2.75) is 6.10 Å². The van der Waals surface area contributed by atoms with E-state index in [9.17, 15) is 0 Å². The maximum atomic E-state index is 5.74. The van der Waals surface area contributed by atoms with Gasteiger partial charge >= 0.3 is 0 Å². The van der Waals surface area contributed by atoms with Gasteiger partial charge in [-0.1, -0.05) is 30.3 Å². The fourth-order valence-electron chi connectivity index (χ4n) is 1.64. The minimum absolute atomic E-state index is 0.277. The third-order valence-electron chi connectivity index (χ3n) is 2.54. The number of hydrogen-bond acceptors (Lipinski definition) is 2. The summed E-state index contributed by atoms with van der Waals surface area (Å²) < 4.78 is 11.0. The van der Waals surface area contributed by atoms with E-state index in [-0.39, 0.29) is 6.10 Å². The van der Waals surface area contributed by atoms with Crippen molar-refractivity contribution in [3.63, 3.8) is 0 Å². The zero-order chi connectivity index (χ0) is 10.8. The molecule has 0 N–H and O–H groups in total. The highest BCUT2D eigenvalue weighted by atomic mass is 16.6. The number of epoxide rings is 1. The van der Waals surface area contributed by atoms with Crippen LogP contribution in [0.15, 0.2) is 54.6 Å². The quantitative estimate of drug-likeness (QED) is 0.726. The van der Waals surface area contributed by atoms with Gasteiger partial charge in [0.25, 0.3) is 0 Å². The van der Waals surface area contributed by atoms with E-state index in [1.165, 1.54) is 5.56 Å². The van der Waals surface area contributed by atoms with Crippen LogP contribution in [0.2, 0.25) is 0 Å². The predicted octanol–water partition coefficient (Wildman–Crippen LogP) is 3.55. The molecule has 1 fully saturated rings. The molecule has 2 nitrogen and oxygen atoms in total. The number of benzene rings is 2. The van der Waals surface area contributed by atoms with Crippen LogP contribution in [0.25, 0.3) is 0 Å². The zero-order valence-electron chi connectivity index (χ0n) is 8.80. The van der Waals surface area contributed by atoms with Crippen molar-refractivity contribution in [1.29, 1.82) is 0 Å². The minimum Gasteiger partial charge on any atom is -0.457 e. The molecule has 0 spiro atoms. The average molecular weight is 212 g/mol. The summed E-state index contributed by atoms with van der Waals surface area (Å²) in [5.41, 5.74) is 1.19. The van der Waals surface area contributed by atoms with Gasteiger partial charge in [0.2, 0.25) is 0 Å². The molecule has 1 aliphatic rings. The molecule has 2 aromatic rings. The van der Waals surface area contributed by atoms with Crippen LogP contribution in [0, 0.1) is 0 Å². The lowest BCUT2D eigenvalue weighted by atomic mass is 10.1. The minimum atomic E-state index is 0.277. The maximum absolute atomic E-state index is 5.74. The molecule has 2 heteroatoms. The van der Waals surface area contributed by atoms with E-state index >= 15 is 0 Å². The lowest BCUT2D eigenvalue weighted by Gasteiger charge is -2.06. The Morgan fingerprint density at radius 1 is 0.938 bits per heavy atom. The van der Waals surface area contributed by atoms with Gasteiger partial charge in [0.15, 0.2) is 0 Å². The first kappa shape index (κ1) is 9.43. The molecular weight excluding hydrogens is 200 g/mol. The van der Waals surface area contributed by atoms with Crippen molar-refractivity contribution >= 4 is 0 Å². The third kappa shape index (κ3) is 2.07. The van der Waals surface area contributed by atoms with Crippen LogP contribution in [0.1, 0.15) is 11.7 Å². The zero-order valence-corrected chi connectivity index (χ0v) is 8.80. The molecule has 3 rings (SSSR count). The average Bonchev–Trinajstić information content (AvgIpc) is 3.15. The summed E-state index contributed by atoms with van der Waals surface area (Å²) in [5.74, 6) is 1.72. The second-order valence-corrected chi connectivity index (χ2v) is 3.81. The van der Waals surface area contributed by atoms with E-state index in [2.05, 4.69) is 6.07 Å². The molecule has 0 unspecified atom stereocenters. The summed E-state index contributed by atoms with van der Waals surface area (Å²) >= 11 is 0. The number of ether oxygens (including phenoxy) is 2. The topological polar surface area (TPSA) is 21.8 Å². The molecule has 2 aromatic carbocycles. The molecule has 80 valence electrons. The van der Waals surface area contributed by atoms with Gasteiger partial charge in [-0.25, -0.2) is 0 Å². The Bertz CT molecular complexity index is 475.